The van der Waals surface area contributed by atoms with Crippen molar-refractivity contribution in [2.24, 2.45) is 0 Å². The van der Waals surface area contributed by atoms with Crippen LogP contribution in [0.25, 0.3) is 0 Å². The quantitative estimate of drug-likeness (QED) is 0.392. The Hall–Kier alpha value is -2.44. The molecule has 0 aromatic heterocycles. The van der Waals surface area contributed by atoms with E-state index in [2.05, 4.69) is 10.2 Å². The summed E-state index contributed by atoms with van der Waals surface area (Å²) in [5, 5.41) is 20.9. The maximum atomic E-state index is 8.87. The summed E-state index contributed by atoms with van der Waals surface area (Å²) in [7, 11) is 1.99. The smallest absolute Gasteiger partial charge is 0.153 e. The molecule has 0 spiro atoms. The van der Waals surface area contributed by atoms with E-state index in [1.807, 2.05) is 43.4 Å². The number of benzene rings is 2. The van der Waals surface area contributed by atoms with E-state index in [0.717, 1.165) is 22.6 Å². The lowest BCUT2D eigenvalue weighted by Gasteiger charge is -2.21. The van der Waals surface area contributed by atoms with Crippen molar-refractivity contribution in [2.45, 2.75) is 19.3 Å². The van der Waals surface area contributed by atoms with Crippen molar-refractivity contribution in [1.29, 1.82) is 0 Å². The number of nitrogens with one attached hydrogen (secondary N) is 1. The van der Waals surface area contributed by atoms with Crippen molar-refractivity contribution in [3.8, 4) is 0 Å². The predicted octanol–water partition coefficient (Wildman–Crippen LogP) is 1.60. The summed E-state index contributed by atoms with van der Waals surface area (Å²) >= 11 is 0. The van der Waals surface area contributed by atoms with Gasteiger partial charge in [-0.3, -0.25) is 0 Å². The highest BCUT2D eigenvalue weighted by molar-refractivity contribution is 5.60. The topological polar surface area (TPSA) is 108 Å². The fourth-order valence-electron chi connectivity index (χ4n) is 2.31. The highest BCUT2D eigenvalue weighted by Crippen LogP contribution is 2.23. The Kier molecular flexibility index (Phi) is 5.67. The molecule has 23 heavy (non-hydrogen) atoms. The van der Waals surface area contributed by atoms with Gasteiger partial charge in [0.2, 0.25) is 0 Å². The molecular formula is C17H24N4O2. The first kappa shape index (κ1) is 16.9. The second-order valence-electron chi connectivity index (χ2n) is 5.56. The number of nitrogen functional groups attached to an aromatic ring is 2. The van der Waals surface area contributed by atoms with Crippen LogP contribution in [0.3, 0.4) is 0 Å². The summed E-state index contributed by atoms with van der Waals surface area (Å²) in [5.74, 6) is 0. The summed E-state index contributed by atoms with van der Waals surface area (Å²) in [5.41, 5.74) is 16.2. The molecule has 0 saturated heterocycles. The molecule has 2 aromatic rings. The molecular weight excluding hydrogens is 292 g/mol. The van der Waals surface area contributed by atoms with Crippen molar-refractivity contribution in [3.63, 3.8) is 0 Å². The van der Waals surface area contributed by atoms with Gasteiger partial charge >= 0.3 is 0 Å². The Labute approximate surface area is 136 Å². The van der Waals surface area contributed by atoms with E-state index in [9.17, 15) is 0 Å². The molecule has 0 aliphatic rings. The molecule has 0 unspecified atom stereocenters. The van der Waals surface area contributed by atoms with Gasteiger partial charge in [-0.25, -0.2) is 0 Å². The van der Waals surface area contributed by atoms with Crippen LogP contribution < -0.4 is 21.7 Å². The van der Waals surface area contributed by atoms with Gasteiger partial charge in [0.15, 0.2) is 6.29 Å². The SMILES string of the molecule is CN(Cc1cc(N)ccc1N)c1cccc(NCCC(O)O)c1. The number of nitrogens with zero attached hydrogens (tertiary/aromatic N) is 1. The normalized spacial score (nSPS) is 10.8. The van der Waals surface area contributed by atoms with Crippen molar-refractivity contribution in [3.05, 3.63) is 48.0 Å². The first-order valence-corrected chi connectivity index (χ1v) is 7.51. The molecule has 6 heteroatoms. The molecule has 6 nitrogen and oxygen atoms in total. The molecule has 0 atom stereocenters. The maximum absolute atomic E-state index is 8.87. The number of rotatable bonds is 7. The Morgan fingerprint density at radius 3 is 2.65 bits per heavy atom. The monoisotopic (exact) mass is 316 g/mol. The molecule has 0 amide bonds. The lowest BCUT2D eigenvalue weighted by atomic mass is 10.1. The zero-order chi connectivity index (χ0) is 16.8. The van der Waals surface area contributed by atoms with Gasteiger partial charge in [0, 0.05) is 49.3 Å². The van der Waals surface area contributed by atoms with Crippen LogP contribution in [0.5, 0.6) is 0 Å². The third-order valence-electron chi connectivity index (χ3n) is 3.59. The Balaban J connectivity index is 2.04. The lowest BCUT2D eigenvalue weighted by Crippen LogP contribution is -2.18. The molecule has 0 aliphatic heterocycles. The first-order chi connectivity index (χ1) is 11.0. The number of hydrogen-bond acceptors (Lipinski definition) is 6. The van der Waals surface area contributed by atoms with E-state index in [-0.39, 0.29) is 6.42 Å². The summed E-state index contributed by atoms with van der Waals surface area (Å²) in [6, 6.07) is 13.4. The zero-order valence-corrected chi connectivity index (χ0v) is 13.2. The number of aliphatic hydroxyl groups is 2. The molecule has 2 rings (SSSR count). The van der Waals surface area contributed by atoms with Crippen molar-refractivity contribution < 1.29 is 10.2 Å². The minimum atomic E-state index is -1.29. The van der Waals surface area contributed by atoms with Crippen molar-refractivity contribution in [1.82, 2.24) is 0 Å². The Bertz CT molecular complexity index is 646. The van der Waals surface area contributed by atoms with Gasteiger partial charge in [0.05, 0.1) is 0 Å². The van der Waals surface area contributed by atoms with E-state index in [1.165, 1.54) is 0 Å². The van der Waals surface area contributed by atoms with Gasteiger partial charge in [0.1, 0.15) is 0 Å². The van der Waals surface area contributed by atoms with Crippen molar-refractivity contribution >= 4 is 22.7 Å². The molecule has 2 aromatic carbocycles. The van der Waals surface area contributed by atoms with Crippen LogP contribution in [-0.4, -0.2) is 30.1 Å². The van der Waals surface area contributed by atoms with Gasteiger partial charge in [-0.05, 0) is 42.0 Å². The number of nitrogens with two attached hydrogens (primary N) is 2. The molecule has 124 valence electrons. The van der Waals surface area contributed by atoms with Gasteiger partial charge in [-0.2, -0.15) is 0 Å². The zero-order valence-electron chi connectivity index (χ0n) is 13.2. The van der Waals surface area contributed by atoms with E-state index in [4.69, 9.17) is 21.7 Å². The summed E-state index contributed by atoms with van der Waals surface area (Å²) in [6.45, 7) is 1.14. The van der Waals surface area contributed by atoms with Crippen LogP contribution in [0.4, 0.5) is 22.7 Å². The average molecular weight is 316 g/mol. The third-order valence-corrected chi connectivity index (χ3v) is 3.59. The first-order valence-electron chi connectivity index (χ1n) is 7.51. The van der Waals surface area contributed by atoms with E-state index >= 15 is 0 Å². The Morgan fingerprint density at radius 1 is 1.13 bits per heavy atom. The van der Waals surface area contributed by atoms with Gasteiger partial charge < -0.3 is 31.9 Å². The van der Waals surface area contributed by atoms with Crippen LogP contribution in [0, 0.1) is 0 Å². The van der Waals surface area contributed by atoms with Crippen LogP contribution in [0.2, 0.25) is 0 Å². The molecule has 7 N–H and O–H groups in total. The summed E-state index contributed by atoms with van der Waals surface area (Å²) < 4.78 is 0. The molecule has 0 radical (unpaired) electrons. The van der Waals surface area contributed by atoms with E-state index < -0.39 is 6.29 Å². The molecule has 0 heterocycles. The van der Waals surface area contributed by atoms with E-state index in [0.29, 0.717) is 18.8 Å². The van der Waals surface area contributed by atoms with Crippen LogP contribution >= 0.6 is 0 Å². The largest absolute Gasteiger partial charge is 0.399 e. The minimum absolute atomic E-state index is 0.278. The van der Waals surface area contributed by atoms with Gasteiger partial charge in [-0.1, -0.05) is 6.07 Å². The lowest BCUT2D eigenvalue weighted by molar-refractivity contribution is -0.0423. The minimum Gasteiger partial charge on any atom is -0.399 e. The maximum Gasteiger partial charge on any atom is 0.153 e. The second kappa shape index (κ2) is 7.71. The summed E-state index contributed by atoms with van der Waals surface area (Å²) in [4.78, 5) is 2.08. The Morgan fingerprint density at radius 2 is 1.91 bits per heavy atom. The number of aliphatic hydroxyl groups excluding tert-OH is 1. The van der Waals surface area contributed by atoms with Crippen LogP contribution in [-0.2, 0) is 6.54 Å². The van der Waals surface area contributed by atoms with E-state index in [1.54, 1.807) is 6.07 Å². The van der Waals surface area contributed by atoms with Crippen LogP contribution in [0.1, 0.15) is 12.0 Å². The van der Waals surface area contributed by atoms with Crippen LogP contribution in [0.15, 0.2) is 42.5 Å². The van der Waals surface area contributed by atoms with Gasteiger partial charge in [0.25, 0.3) is 0 Å². The fraction of sp³-hybridized carbons (Fsp3) is 0.294. The standard InChI is InChI=1S/C17H24N4O2/c1-21(11-12-9-13(18)5-6-16(12)19)15-4-2-3-14(10-15)20-8-7-17(22)23/h2-6,9-10,17,20,22-23H,7-8,11,18-19H2,1H3. The third kappa shape index (κ3) is 5.05. The number of anilines is 4. The van der Waals surface area contributed by atoms with Crippen molar-refractivity contribution in [2.75, 3.05) is 35.3 Å². The predicted molar refractivity (Wildman–Crippen MR) is 95.1 cm³/mol. The molecule has 0 aliphatic carbocycles. The summed E-state index contributed by atoms with van der Waals surface area (Å²) in [6.07, 6.45) is -1.01. The molecule has 0 fully saturated rings. The highest BCUT2D eigenvalue weighted by Gasteiger charge is 2.07. The highest BCUT2D eigenvalue weighted by atomic mass is 16.5. The molecule has 0 bridgehead atoms. The molecule has 0 saturated carbocycles. The fourth-order valence-corrected chi connectivity index (χ4v) is 2.31. The number of hydrogen-bond donors (Lipinski definition) is 5. The second-order valence-corrected chi connectivity index (χ2v) is 5.56. The average Bonchev–Trinajstić information content (AvgIpc) is 2.51. The van der Waals surface area contributed by atoms with Gasteiger partial charge in [-0.15, -0.1) is 0 Å².